The van der Waals surface area contributed by atoms with Gasteiger partial charge in [0.1, 0.15) is 0 Å². The van der Waals surface area contributed by atoms with Crippen LogP contribution in [0.3, 0.4) is 0 Å². The van der Waals surface area contributed by atoms with E-state index in [0.29, 0.717) is 18.2 Å². The quantitative estimate of drug-likeness (QED) is 0.906. The predicted octanol–water partition coefficient (Wildman–Crippen LogP) is 3.25. The summed E-state index contributed by atoms with van der Waals surface area (Å²) in [5.74, 6) is 0. The molecule has 4 rings (SSSR count). The minimum absolute atomic E-state index is 0.458. The van der Waals surface area contributed by atoms with E-state index in [1.807, 2.05) is 0 Å². The molecule has 19 heavy (non-hydrogen) atoms. The topological polar surface area (TPSA) is 21.3 Å². The number of rotatable bonds is 3. The summed E-state index contributed by atoms with van der Waals surface area (Å²) in [6.45, 7) is 0.943. The van der Waals surface area contributed by atoms with Crippen LogP contribution in [-0.2, 0) is 11.3 Å². The molecule has 98 valence electrons. The van der Waals surface area contributed by atoms with Crippen molar-refractivity contribution in [2.45, 2.75) is 44.1 Å². The Morgan fingerprint density at radius 3 is 2.79 bits per heavy atom. The lowest BCUT2D eigenvalue weighted by atomic mass is 9.95. The van der Waals surface area contributed by atoms with Gasteiger partial charge in [0.2, 0.25) is 0 Å². The number of fused-ring (bicyclic) bond motifs is 3. The highest BCUT2D eigenvalue weighted by Gasteiger charge is 2.40. The molecule has 2 heteroatoms. The summed E-state index contributed by atoms with van der Waals surface area (Å²) in [7, 11) is 0. The van der Waals surface area contributed by atoms with Crippen molar-refractivity contribution >= 4 is 10.8 Å². The van der Waals surface area contributed by atoms with Gasteiger partial charge in [-0.3, -0.25) is 0 Å². The molecule has 2 bridgehead atoms. The maximum Gasteiger partial charge on any atom is 0.0733 e. The van der Waals surface area contributed by atoms with E-state index in [-0.39, 0.29) is 0 Å². The number of benzene rings is 2. The monoisotopic (exact) mass is 253 g/mol. The first-order valence-corrected chi connectivity index (χ1v) is 7.25. The molecule has 1 N–H and O–H groups in total. The summed E-state index contributed by atoms with van der Waals surface area (Å²) in [6.07, 6.45) is 4.67. The van der Waals surface area contributed by atoms with Gasteiger partial charge in [0.25, 0.3) is 0 Å². The van der Waals surface area contributed by atoms with Crippen molar-refractivity contribution in [2.24, 2.45) is 0 Å². The Morgan fingerprint density at radius 1 is 1.05 bits per heavy atom. The van der Waals surface area contributed by atoms with Crippen LogP contribution in [0.1, 0.15) is 24.8 Å². The second kappa shape index (κ2) is 4.62. The molecule has 2 heterocycles. The maximum atomic E-state index is 5.90. The van der Waals surface area contributed by atoms with Gasteiger partial charge in [0, 0.05) is 12.6 Å². The molecular weight excluding hydrogens is 234 g/mol. The van der Waals surface area contributed by atoms with E-state index in [1.54, 1.807) is 0 Å². The lowest BCUT2D eigenvalue weighted by molar-refractivity contribution is 0.0973. The third-order valence-corrected chi connectivity index (χ3v) is 4.54. The summed E-state index contributed by atoms with van der Waals surface area (Å²) in [4.78, 5) is 0. The van der Waals surface area contributed by atoms with Crippen LogP contribution in [0, 0.1) is 0 Å². The normalized spacial score (nSPS) is 29.2. The molecule has 0 radical (unpaired) electrons. The van der Waals surface area contributed by atoms with Crippen LogP contribution in [0.5, 0.6) is 0 Å². The van der Waals surface area contributed by atoms with Crippen molar-refractivity contribution in [2.75, 3.05) is 0 Å². The van der Waals surface area contributed by atoms with Gasteiger partial charge in [-0.2, -0.15) is 0 Å². The molecule has 2 aromatic carbocycles. The zero-order valence-corrected chi connectivity index (χ0v) is 11.0. The van der Waals surface area contributed by atoms with Crippen molar-refractivity contribution < 1.29 is 4.74 Å². The van der Waals surface area contributed by atoms with Crippen molar-refractivity contribution in [3.8, 4) is 0 Å². The van der Waals surface area contributed by atoms with Gasteiger partial charge in [-0.15, -0.1) is 0 Å². The molecule has 2 aliphatic heterocycles. The van der Waals surface area contributed by atoms with Gasteiger partial charge < -0.3 is 10.1 Å². The van der Waals surface area contributed by atoms with Crippen molar-refractivity contribution in [3.63, 3.8) is 0 Å². The lowest BCUT2D eigenvalue weighted by Gasteiger charge is -2.20. The third-order valence-electron chi connectivity index (χ3n) is 4.54. The molecule has 2 saturated heterocycles. The highest BCUT2D eigenvalue weighted by Crippen LogP contribution is 2.34. The molecule has 0 unspecified atom stereocenters. The zero-order valence-electron chi connectivity index (χ0n) is 11.0. The first kappa shape index (κ1) is 11.4. The molecule has 0 amide bonds. The minimum atomic E-state index is 0.458. The Hall–Kier alpha value is -1.38. The van der Waals surface area contributed by atoms with Crippen LogP contribution in [0.4, 0.5) is 0 Å². The average Bonchev–Trinajstić information content (AvgIpc) is 3.07. The first-order valence-electron chi connectivity index (χ1n) is 7.25. The Labute approximate surface area is 113 Å². The van der Waals surface area contributed by atoms with Crippen molar-refractivity contribution in [3.05, 3.63) is 48.0 Å². The standard InChI is InChI=1S/C17H19NO/c1-2-7-15-12(4-1)5-3-6-13(15)11-18-16-10-14-8-9-17(16)19-14/h1-7,14,16-18H,8-11H2/t14-,16-,17+/m1/s1. The van der Waals surface area contributed by atoms with Gasteiger partial charge in [0.05, 0.1) is 12.2 Å². The van der Waals surface area contributed by atoms with Crippen LogP contribution >= 0.6 is 0 Å². The maximum absolute atomic E-state index is 5.90. The SMILES string of the molecule is c1ccc2c(CN[C@@H]3C[C@H]4CC[C@@H]3O4)cccc2c1. The number of hydrogen-bond donors (Lipinski definition) is 1. The third kappa shape index (κ3) is 2.05. The molecule has 0 spiro atoms. The smallest absolute Gasteiger partial charge is 0.0733 e. The first-order chi connectivity index (χ1) is 9.40. The van der Waals surface area contributed by atoms with E-state index in [2.05, 4.69) is 47.8 Å². The van der Waals surface area contributed by atoms with Crippen LogP contribution in [0.2, 0.25) is 0 Å². The zero-order chi connectivity index (χ0) is 12.7. The van der Waals surface area contributed by atoms with Crippen molar-refractivity contribution in [1.82, 2.24) is 5.32 Å². The number of hydrogen-bond acceptors (Lipinski definition) is 2. The average molecular weight is 253 g/mol. The van der Waals surface area contributed by atoms with E-state index in [1.165, 1.54) is 35.6 Å². The number of nitrogens with one attached hydrogen (secondary N) is 1. The minimum Gasteiger partial charge on any atom is -0.373 e. The van der Waals surface area contributed by atoms with Gasteiger partial charge in [-0.25, -0.2) is 0 Å². The van der Waals surface area contributed by atoms with Gasteiger partial charge in [-0.1, -0.05) is 42.5 Å². The second-order valence-corrected chi connectivity index (χ2v) is 5.74. The molecule has 0 aromatic heterocycles. The van der Waals surface area contributed by atoms with E-state index < -0.39 is 0 Å². The predicted molar refractivity (Wildman–Crippen MR) is 77.1 cm³/mol. The summed E-state index contributed by atoms with van der Waals surface area (Å²) >= 11 is 0. The molecule has 2 aromatic rings. The molecule has 0 saturated carbocycles. The summed E-state index contributed by atoms with van der Waals surface area (Å²) in [5, 5.41) is 6.38. The summed E-state index contributed by atoms with van der Waals surface area (Å²) < 4.78 is 5.90. The largest absolute Gasteiger partial charge is 0.373 e. The fourth-order valence-corrected chi connectivity index (χ4v) is 3.54. The van der Waals surface area contributed by atoms with Crippen LogP contribution in [0.15, 0.2) is 42.5 Å². The highest BCUT2D eigenvalue weighted by molar-refractivity contribution is 5.85. The van der Waals surface area contributed by atoms with Gasteiger partial charge >= 0.3 is 0 Å². The number of ether oxygens (including phenoxy) is 1. The fraction of sp³-hybridized carbons (Fsp3) is 0.412. The van der Waals surface area contributed by atoms with Crippen LogP contribution < -0.4 is 5.32 Å². The Morgan fingerprint density at radius 2 is 1.95 bits per heavy atom. The summed E-state index contributed by atoms with van der Waals surface area (Å²) in [5.41, 5.74) is 1.39. The van der Waals surface area contributed by atoms with E-state index in [4.69, 9.17) is 4.74 Å². The summed E-state index contributed by atoms with van der Waals surface area (Å²) in [6, 6.07) is 15.7. The van der Waals surface area contributed by atoms with Gasteiger partial charge in [0.15, 0.2) is 0 Å². The molecule has 3 atom stereocenters. The molecule has 2 nitrogen and oxygen atoms in total. The Kier molecular flexibility index (Phi) is 2.78. The molecule has 2 aliphatic rings. The Bertz CT molecular complexity index is 589. The molecular formula is C17H19NO. The van der Waals surface area contributed by atoms with Crippen LogP contribution in [-0.4, -0.2) is 18.2 Å². The molecule has 2 fully saturated rings. The van der Waals surface area contributed by atoms with Crippen molar-refractivity contribution in [1.29, 1.82) is 0 Å². The highest BCUT2D eigenvalue weighted by atomic mass is 16.5. The van der Waals surface area contributed by atoms with E-state index >= 15 is 0 Å². The van der Waals surface area contributed by atoms with E-state index in [0.717, 1.165) is 6.54 Å². The Balaban J connectivity index is 1.52. The lowest BCUT2D eigenvalue weighted by Crippen LogP contribution is -2.37. The van der Waals surface area contributed by atoms with Crippen LogP contribution in [0.25, 0.3) is 10.8 Å². The van der Waals surface area contributed by atoms with E-state index in [9.17, 15) is 0 Å². The molecule has 0 aliphatic carbocycles. The van der Waals surface area contributed by atoms with Gasteiger partial charge in [-0.05, 0) is 35.6 Å². The fourth-order valence-electron chi connectivity index (χ4n) is 3.54. The second-order valence-electron chi connectivity index (χ2n) is 5.74.